The highest BCUT2D eigenvalue weighted by Crippen LogP contribution is 2.24. The van der Waals surface area contributed by atoms with Crippen LogP contribution in [-0.2, 0) is 14.2 Å². The molecule has 1 aliphatic rings. The quantitative estimate of drug-likeness (QED) is 0.519. The van der Waals surface area contributed by atoms with Gasteiger partial charge in [0.05, 0.1) is 19.8 Å². The second kappa shape index (κ2) is 7.63. The molecule has 1 rings (SSSR count). The smallest absolute Gasteiger partial charge is 0.187 e. The molecular weight excluding hydrogens is 240 g/mol. The number of aliphatic hydroxyl groups is 3. The van der Waals surface area contributed by atoms with E-state index in [0.717, 1.165) is 0 Å². The van der Waals surface area contributed by atoms with Crippen LogP contribution in [-0.4, -0.2) is 65.8 Å². The van der Waals surface area contributed by atoms with Crippen LogP contribution < -0.4 is 0 Å². The highest BCUT2D eigenvalue weighted by Gasteiger charge is 2.45. The second-order valence-electron chi connectivity index (χ2n) is 3.92. The summed E-state index contributed by atoms with van der Waals surface area (Å²) in [5.74, 6) is 0. The predicted molar refractivity (Wildman–Crippen MR) is 63.8 cm³/mol. The summed E-state index contributed by atoms with van der Waals surface area (Å²) in [5.41, 5.74) is 0. The molecule has 1 fully saturated rings. The Morgan fingerprint density at radius 3 is 2.22 bits per heavy atom. The fraction of sp³-hybridized carbons (Fsp3) is 0.667. The minimum absolute atomic E-state index is 0.172. The van der Waals surface area contributed by atoms with Crippen molar-refractivity contribution < 1.29 is 29.5 Å². The van der Waals surface area contributed by atoms with E-state index in [2.05, 4.69) is 13.2 Å². The molecule has 0 spiro atoms. The molecule has 1 saturated heterocycles. The number of hydrogen-bond donors (Lipinski definition) is 3. The van der Waals surface area contributed by atoms with Gasteiger partial charge in [0.2, 0.25) is 0 Å². The zero-order valence-electron chi connectivity index (χ0n) is 10.1. The maximum atomic E-state index is 9.98. The lowest BCUT2D eigenvalue weighted by Crippen LogP contribution is -2.60. The largest absolute Gasteiger partial charge is 0.394 e. The van der Waals surface area contributed by atoms with Crippen LogP contribution in [0.3, 0.4) is 0 Å². The lowest BCUT2D eigenvalue weighted by Gasteiger charge is -2.41. The zero-order valence-corrected chi connectivity index (χ0v) is 10.1. The summed E-state index contributed by atoms with van der Waals surface area (Å²) in [7, 11) is 0. The number of aliphatic hydroxyl groups excluding tert-OH is 3. The van der Waals surface area contributed by atoms with Crippen LogP contribution in [0.5, 0.6) is 0 Å². The van der Waals surface area contributed by atoms with E-state index in [9.17, 15) is 10.2 Å². The lowest BCUT2D eigenvalue weighted by atomic mass is 9.99. The van der Waals surface area contributed by atoms with Crippen molar-refractivity contribution in [2.24, 2.45) is 0 Å². The van der Waals surface area contributed by atoms with E-state index in [-0.39, 0.29) is 13.2 Å². The van der Waals surface area contributed by atoms with Crippen LogP contribution in [0.15, 0.2) is 25.3 Å². The molecule has 104 valence electrons. The van der Waals surface area contributed by atoms with Gasteiger partial charge in [-0.3, -0.25) is 0 Å². The molecule has 0 aromatic rings. The van der Waals surface area contributed by atoms with Crippen molar-refractivity contribution in [2.45, 2.75) is 30.7 Å². The second-order valence-corrected chi connectivity index (χ2v) is 3.92. The predicted octanol–water partition coefficient (Wildman–Crippen LogP) is -0.801. The molecule has 1 heterocycles. The van der Waals surface area contributed by atoms with E-state index < -0.39 is 37.3 Å². The Kier molecular flexibility index (Phi) is 6.48. The van der Waals surface area contributed by atoms with Crippen LogP contribution in [0, 0.1) is 0 Å². The average Bonchev–Trinajstić information content (AvgIpc) is 2.38. The molecule has 1 aliphatic heterocycles. The summed E-state index contributed by atoms with van der Waals surface area (Å²) >= 11 is 0. The summed E-state index contributed by atoms with van der Waals surface area (Å²) in [6, 6.07) is 0. The van der Waals surface area contributed by atoms with Crippen LogP contribution in [0.1, 0.15) is 0 Å². The molecule has 18 heavy (non-hydrogen) atoms. The number of rotatable bonds is 7. The summed E-state index contributed by atoms with van der Waals surface area (Å²) in [6.07, 6.45) is -2.01. The maximum absolute atomic E-state index is 9.98. The van der Waals surface area contributed by atoms with Gasteiger partial charge >= 0.3 is 0 Å². The first-order chi connectivity index (χ1) is 8.65. The number of ether oxygens (including phenoxy) is 3. The van der Waals surface area contributed by atoms with Gasteiger partial charge in [0, 0.05) is 0 Å². The Morgan fingerprint density at radius 2 is 1.67 bits per heavy atom. The molecule has 0 aromatic carbocycles. The molecule has 0 aromatic heterocycles. The lowest BCUT2D eigenvalue weighted by molar-refractivity contribution is -0.304. The van der Waals surface area contributed by atoms with Gasteiger partial charge in [-0.25, -0.2) is 0 Å². The Bertz CT molecular complexity index is 269. The average molecular weight is 260 g/mol. The van der Waals surface area contributed by atoms with Gasteiger partial charge in [0.15, 0.2) is 6.29 Å². The van der Waals surface area contributed by atoms with Crippen molar-refractivity contribution in [3.05, 3.63) is 25.3 Å². The van der Waals surface area contributed by atoms with Gasteiger partial charge in [0.25, 0.3) is 0 Å². The summed E-state index contributed by atoms with van der Waals surface area (Å²) in [6.45, 7) is 6.94. The highest BCUT2D eigenvalue weighted by molar-refractivity contribution is 4.91. The van der Waals surface area contributed by atoms with E-state index >= 15 is 0 Å². The Balaban J connectivity index is 2.70. The fourth-order valence-electron chi connectivity index (χ4n) is 1.73. The van der Waals surface area contributed by atoms with Crippen molar-refractivity contribution in [1.82, 2.24) is 0 Å². The van der Waals surface area contributed by atoms with Crippen LogP contribution in [0.25, 0.3) is 0 Å². The van der Waals surface area contributed by atoms with E-state index in [1.807, 2.05) is 0 Å². The maximum Gasteiger partial charge on any atom is 0.187 e. The number of hydrogen-bond acceptors (Lipinski definition) is 6. The molecule has 0 saturated carbocycles. The first kappa shape index (κ1) is 15.3. The van der Waals surface area contributed by atoms with Gasteiger partial charge in [-0.05, 0) is 0 Å². The third kappa shape index (κ3) is 3.61. The van der Waals surface area contributed by atoms with Crippen molar-refractivity contribution in [2.75, 3.05) is 19.8 Å². The fourth-order valence-corrected chi connectivity index (χ4v) is 1.73. The molecule has 6 nitrogen and oxygen atoms in total. The van der Waals surface area contributed by atoms with E-state index in [1.165, 1.54) is 12.2 Å². The van der Waals surface area contributed by atoms with Gasteiger partial charge in [0.1, 0.15) is 24.4 Å². The SMILES string of the molecule is C=CCOC1O[C@H](CO)[C@@H](O)[C@H](OCC=C)[C@H]1O. The third-order valence-corrected chi connectivity index (χ3v) is 2.61. The Morgan fingerprint density at radius 1 is 1.06 bits per heavy atom. The van der Waals surface area contributed by atoms with Gasteiger partial charge in [-0.2, -0.15) is 0 Å². The van der Waals surface area contributed by atoms with Gasteiger partial charge in [-0.15, -0.1) is 13.2 Å². The molecule has 5 atom stereocenters. The van der Waals surface area contributed by atoms with Crippen molar-refractivity contribution in [3.8, 4) is 0 Å². The van der Waals surface area contributed by atoms with Crippen LogP contribution in [0.4, 0.5) is 0 Å². The topological polar surface area (TPSA) is 88.4 Å². The van der Waals surface area contributed by atoms with Gasteiger partial charge < -0.3 is 29.5 Å². The van der Waals surface area contributed by atoms with E-state index in [4.69, 9.17) is 19.3 Å². The minimum atomic E-state index is -1.15. The van der Waals surface area contributed by atoms with E-state index in [0.29, 0.717) is 0 Å². The van der Waals surface area contributed by atoms with Crippen LogP contribution in [0.2, 0.25) is 0 Å². The first-order valence-corrected chi connectivity index (χ1v) is 5.73. The van der Waals surface area contributed by atoms with Crippen molar-refractivity contribution in [1.29, 1.82) is 0 Å². The summed E-state index contributed by atoms with van der Waals surface area (Å²) in [4.78, 5) is 0. The molecule has 0 radical (unpaired) electrons. The standard InChI is InChI=1S/C12H20O6/c1-3-5-16-11-9(14)8(7-13)18-12(10(11)15)17-6-4-2/h3-4,8-15H,1-2,5-7H2/t8-,9-,10-,11+,12?/m1/s1. The minimum Gasteiger partial charge on any atom is -0.394 e. The molecule has 0 aliphatic carbocycles. The highest BCUT2D eigenvalue weighted by atomic mass is 16.7. The first-order valence-electron chi connectivity index (χ1n) is 5.73. The molecule has 0 amide bonds. The monoisotopic (exact) mass is 260 g/mol. The Hall–Kier alpha value is -0.760. The Labute approximate surface area is 106 Å². The van der Waals surface area contributed by atoms with Crippen molar-refractivity contribution >= 4 is 0 Å². The summed E-state index contributed by atoms with van der Waals surface area (Å²) in [5, 5.41) is 29.0. The summed E-state index contributed by atoms with van der Waals surface area (Å²) < 4.78 is 15.7. The molecule has 1 unspecified atom stereocenters. The normalized spacial score (nSPS) is 36.3. The zero-order chi connectivity index (χ0) is 13.5. The third-order valence-electron chi connectivity index (χ3n) is 2.61. The molecule has 0 bridgehead atoms. The van der Waals surface area contributed by atoms with E-state index in [1.54, 1.807) is 0 Å². The molecular formula is C12H20O6. The van der Waals surface area contributed by atoms with Crippen molar-refractivity contribution in [3.63, 3.8) is 0 Å². The van der Waals surface area contributed by atoms with Gasteiger partial charge in [-0.1, -0.05) is 12.2 Å². The molecule has 3 N–H and O–H groups in total. The molecule has 6 heteroatoms. The van der Waals surface area contributed by atoms with Crippen LogP contribution >= 0.6 is 0 Å².